The number of benzene rings is 1. The molecule has 2 heterocycles. The van der Waals surface area contributed by atoms with Crippen LogP contribution in [-0.2, 0) is 0 Å². The summed E-state index contributed by atoms with van der Waals surface area (Å²) < 4.78 is 42.8. The van der Waals surface area contributed by atoms with E-state index in [-0.39, 0.29) is 11.6 Å². The molecule has 1 fully saturated rings. The van der Waals surface area contributed by atoms with Crippen LogP contribution in [0.1, 0.15) is 32.1 Å². The Kier molecular flexibility index (Phi) is 4.80. The predicted octanol–water partition coefficient (Wildman–Crippen LogP) is 5.58. The maximum absolute atomic E-state index is 14.0. The molecule has 2 aliphatic rings. The van der Waals surface area contributed by atoms with Crippen LogP contribution in [0.25, 0.3) is 11.3 Å². The average Bonchev–Trinajstić information content (AvgIpc) is 3.11. The van der Waals surface area contributed by atoms with E-state index in [0.717, 1.165) is 34.2 Å². The number of aliphatic hydroxyl groups is 1. The maximum atomic E-state index is 14.0. The first-order valence-electron chi connectivity index (χ1n) is 8.69. The van der Waals surface area contributed by atoms with E-state index in [0.29, 0.717) is 29.3 Å². The Morgan fingerprint density at radius 1 is 1.19 bits per heavy atom. The molecule has 4 rings (SSSR count). The fourth-order valence-electron chi connectivity index (χ4n) is 3.70. The van der Waals surface area contributed by atoms with Crippen molar-refractivity contribution < 1.29 is 18.3 Å². The Labute approximate surface area is 166 Å². The molecule has 1 aliphatic heterocycles. The summed E-state index contributed by atoms with van der Waals surface area (Å²) in [6, 6.07) is 7.35. The van der Waals surface area contributed by atoms with Crippen molar-refractivity contribution in [2.45, 2.75) is 44.0 Å². The summed E-state index contributed by atoms with van der Waals surface area (Å²) in [4.78, 5) is 4.34. The second-order valence-electron chi connectivity index (χ2n) is 6.80. The molecule has 1 N–H and O–H groups in total. The van der Waals surface area contributed by atoms with E-state index in [1.807, 2.05) is 24.3 Å². The van der Waals surface area contributed by atoms with Crippen LogP contribution in [0.15, 0.2) is 39.2 Å². The Morgan fingerprint density at radius 2 is 1.93 bits per heavy atom. The molecule has 2 aromatic rings. The number of nitrogens with zero attached hydrogens (tertiary/aromatic N) is 3. The van der Waals surface area contributed by atoms with E-state index in [1.165, 1.54) is 0 Å². The molecule has 1 saturated carbocycles. The lowest BCUT2D eigenvalue weighted by molar-refractivity contribution is -0.268. The van der Waals surface area contributed by atoms with Gasteiger partial charge in [0.15, 0.2) is 0 Å². The minimum absolute atomic E-state index is 0.0494. The highest BCUT2D eigenvalue weighted by Gasteiger charge is 2.67. The first kappa shape index (κ1) is 18.9. The number of hydrazone groups is 1. The van der Waals surface area contributed by atoms with Crippen molar-refractivity contribution in [1.82, 2.24) is 4.98 Å². The molecule has 27 heavy (non-hydrogen) atoms. The average molecular weight is 460 g/mol. The molecule has 144 valence electrons. The lowest BCUT2D eigenvalue weighted by Gasteiger charge is -2.37. The minimum atomic E-state index is -4.84. The third-order valence-corrected chi connectivity index (χ3v) is 6.44. The monoisotopic (exact) mass is 459 g/mol. The van der Waals surface area contributed by atoms with Gasteiger partial charge in [0.1, 0.15) is 0 Å². The summed E-state index contributed by atoms with van der Waals surface area (Å²) in [5.41, 5.74) is -1.27. The van der Waals surface area contributed by atoms with E-state index in [4.69, 9.17) is 0 Å². The van der Waals surface area contributed by atoms with Crippen LogP contribution < -0.4 is 5.01 Å². The molecular weight excluding hydrogens is 443 g/mol. The molecule has 0 bridgehead atoms. The second-order valence-corrected chi connectivity index (χ2v) is 8.55. The van der Waals surface area contributed by atoms with E-state index in [1.54, 1.807) is 5.38 Å². The first-order chi connectivity index (χ1) is 12.8. The van der Waals surface area contributed by atoms with E-state index >= 15 is 0 Å². The lowest BCUT2D eigenvalue weighted by Crippen LogP contribution is -2.60. The Hall–Kier alpha value is -1.45. The predicted molar refractivity (Wildman–Crippen MR) is 103 cm³/mol. The van der Waals surface area contributed by atoms with Gasteiger partial charge in [-0.1, -0.05) is 40.9 Å². The van der Waals surface area contributed by atoms with Gasteiger partial charge in [-0.25, -0.2) is 4.98 Å². The van der Waals surface area contributed by atoms with Gasteiger partial charge in [-0.05, 0) is 31.4 Å². The fraction of sp³-hybridized carbons (Fsp3) is 0.444. The molecule has 1 aromatic heterocycles. The number of anilines is 1. The van der Waals surface area contributed by atoms with Crippen LogP contribution in [0.5, 0.6) is 0 Å². The van der Waals surface area contributed by atoms with Gasteiger partial charge in [-0.15, -0.1) is 11.3 Å². The van der Waals surface area contributed by atoms with Gasteiger partial charge in [0.05, 0.1) is 11.6 Å². The van der Waals surface area contributed by atoms with Gasteiger partial charge in [0.25, 0.3) is 5.72 Å². The maximum Gasteiger partial charge on any atom is 0.439 e. The number of aromatic nitrogens is 1. The Balaban J connectivity index is 1.74. The van der Waals surface area contributed by atoms with Crippen molar-refractivity contribution in [1.29, 1.82) is 0 Å². The van der Waals surface area contributed by atoms with Crippen molar-refractivity contribution >= 4 is 38.1 Å². The standard InChI is InChI=1S/C18H17BrF3N3OS/c19-12-8-6-11(7-9-12)15-10-27-16(23-15)25-17(26,18(20,21)22)13-4-2-1-3-5-14(13)24-25/h6-10,13,26H,1-5H2/t13-,17+/m0/s1. The van der Waals surface area contributed by atoms with Gasteiger partial charge in [-0.2, -0.15) is 23.3 Å². The van der Waals surface area contributed by atoms with E-state index in [9.17, 15) is 18.3 Å². The molecule has 4 nitrogen and oxygen atoms in total. The molecule has 9 heteroatoms. The largest absolute Gasteiger partial charge is 0.439 e. The quantitative estimate of drug-likeness (QED) is 0.637. The van der Waals surface area contributed by atoms with Crippen molar-refractivity contribution in [3.63, 3.8) is 0 Å². The molecule has 2 atom stereocenters. The number of halogens is 4. The number of rotatable bonds is 2. The SMILES string of the molecule is O[C@@]1(C(F)(F)F)[C@H]2CCCCCC2=NN1c1nc(-c2ccc(Br)cc2)cs1. The van der Waals surface area contributed by atoms with Crippen LogP contribution in [0.3, 0.4) is 0 Å². The highest BCUT2D eigenvalue weighted by molar-refractivity contribution is 9.10. The molecule has 1 aromatic carbocycles. The molecule has 1 aliphatic carbocycles. The van der Waals surface area contributed by atoms with Crippen LogP contribution >= 0.6 is 27.3 Å². The smallest absolute Gasteiger partial charge is 0.362 e. The Morgan fingerprint density at radius 3 is 2.63 bits per heavy atom. The zero-order chi connectivity index (χ0) is 19.2. The van der Waals surface area contributed by atoms with Crippen LogP contribution in [0.2, 0.25) is 0 Å². The molecule has 0 amide bonds. The zero-order valence-corrected chi connectivity index (χ0v) is 16.6. The van der Waals surface area contributed by atoms with Crippen molar-refractivity contribution in [2.24, 2.45) is 11.0 Å². The second kappa shape index (κ2) is 6.86. The molecular formula is C18H17BrF3N3OS. The highest BCUT2D eigenvalue weighted by atomic mass is 79.9. The van der Waals surface area contributed by atoms with Gasteiger partial charge in [0, 0.05) is 21.1 Å². The normalized spacial score (nSPS) is 25.9. The van der Waals surface area contributed by atoms with E-state index < -0.39 is 17.8 Å². The molecule has 0 spiro atoms. The summed E-state index contributed by atoms with van der Waals surface area (Å²) in [6.45, 7) is 0. The third-order valence-electron chi connectivity index (χ3n) is 5.10. The third kappa shape index (κ3) is 3.19. The van der Waals surface area contributed by atoms with Crippen molar-refractivity contribution in [3.8, 4) is 11.3 Å². The first-order valence-corrected chi connectivity index (χ1v) is 10.4. The van der Waals surface area contributed by atoms with Gasteiger partial charge in [-0.3, -0.25) is 0 Å². The number of thiazole rings is 1. The summed E-state index contributed by atoms with van der Waals surface area (Å²) in [5, 5.41) is 17.5. The van der Waals surface area contributed by atoms with E-state index in [2.05, 4.69) is 26.0 Å². The Bertz CT molecular complexity index is 867. The van der Waals surface area contributed by atoms with Gasteiger partial charge in [0.2, 0.25) is 5.13 Å². The summed E-state index contributed by atoms with van der Waals surface area (Å²) in [5.74, 6) is -1.04. The van der Waals surface area contributed by atoms with Gasteiger partial charge >= 0.3 is 6.18 Å². The molecule has 0 unspecified atom stereocenters. The lowest BCUT2D eigenvalue weighted by atomic mass is 9.87. The minimum Gasteiger partial charge on any atom is -0.362 e. The van der Waals surface area contributed by atoms with Crippen molar-refractivity contribution in [3.05, 3.63) is 34.1 Å². The van der Waals surface area contributed by atoms with Gasteiger partial charge < -0.3 is 5.11 Å². The highest BCUT2D eigenvalue weighted by Crippen LogP contribution is 2.50. The summed E-state index contributed by atoms with van der Waals surface area (Å²) >= 11 is 4.40. The number of fused-ring (bicyclic) bond motifs is 1. The number of hydrogen-bond acceptors (Lipinski definition) is 5. The molecule has 0 radical (unpaired) electrons. The number of hydrogen-bond donors (Lipinski definition) is 1. The van der Waals surface area contributed by atoms with Crippen LogP contribution in [0.4, 0.5) is 18.3 Å². The topological polar surface area (TPSA) is 48.7 Å². The number of alkyl halides is 3. The van der Waals surface area contributed by atoms with Crippen LogP contribution in [0, 0.1) is 5.92 Å². The molecule has 0 saturated heterocycles. The summed E-state index contributed by atoms with van der Waals surface area (Å²) in [7, 11) is 0. The summed E-state index contributed by atoms with van der Waals surface area (Å²) in [6.07, 6.45) is -1.79. The van der Waals surface area contributed by atoms with Crippen molar-refractivity contribution in [2.75, 3.05) is 5.01 Å². The fourth-order valence-corrected chi connectivity index (χ4v) is 4.80. The zero-order valence-electron chi connectivity index (χ0n) is 14.2. The van der Waals surface area contributed by atoms with Crippen LogP contribution in [-0.4, -0.2) is 27.7 Å².